The zero-order chi connectivity index (χ0) is 18.4. The Morgan fingerprint density at radius 3 is 2.64 bits per heavy atom. The lowest BCUT2D eigenvalue weighted by Gasteiger charge is -2.10. The second kappa shape index (κ2) is 9.10. The zero-order valence-corrected chi connectivity index (χ0v) is 15.8. The van der Waals surface area contributed by atoms with E-state index in [1.54, 1.807) is 12.3 Å². The maximum atomic E-state index is 12.0. The van der Waals surface area contributed by atoms with Gasteiger partial charge in [0.2, 0.25) is 0 Å². The summed E-state index contributed by atoms with van der Waals surface area (Å²) in [7, 11) is 0. The van der Waals surface area contributed by atoms with Gasteiger partial charge in [0.15, 0.2) is 11.8 Å². The summed E-state index contributed by atoms with van der Waals surface area (Å²) in [5.41, 5.74) is 4.41. The first-order chi connectivity index (χ1) is 11.9. The van der Waals surface area contributed by atoms with Crippen LogP contribution in [0.3, 0.4) is 0 Å². The highest BCUT2D eigenvalue weighted by Gasteiger charge is 2.14. The Bertz CT molecular complexity index is 807. The quantitative estimate of drug-likeness (QED) is 0.334. The molecule has 0 fully saturated rings. The number of thioether (sulfide) groups is 1. The minimum absolute atomic E-state index is 0.0182. The average Bonchev–Trinajstić information content (AvgIpc) is 2.58. The Balaban J connectivity index is 1.86. The number of hydrogen-bond acceptors (Lipinski definition) is 6. The van der Waals surface area contributed by atoms with Crippen LogP contribution >= 0.6 is 46.6 Å². The minimum Gasteiger partial charge on any atom is -0.482 e. The van der Waals surface area contributed by atoms with Gasteiger partial charge < -0.3 is 4.74 Å². The van der Waals surface area contributed by atoms with Gasteiger partial charge in [-0.05, 0) is 24.5 Å². The topological polar surface area (TPSA) is 93.2 Å². The fourth-order valence-corrected chi connectivity index (χ4v) is 2.63. The summed E-state index contributed by atoms with van der Waals surface area (Å²) in [5.74, 6) is -0.968. The number of benzene rings is 1. The number of rotatable bonds is 5. The van der Waals surface area contributed by atoms with Crippen LogP contribution in [0.25, 0.3) is 0 Å². The molecule has 0 aliphatic carbocycles. The number of carbonyl (C=O) groups excluding carboxylic acids is 2. The Labute approximate surface area is 162 Å². The van der Waals surface area contributed by atoms with Crippen molar-refractivity contribution in [1.82, 2.24) is 20.8 Å². The normalized spacial score (nSPS) is 10.2. The molecule has 0 saturated heterocycles. The zero-order valence-electron chi connectivity index (χ0n) is 12.7. The molecular formula is C14H11Cl3N4O3S. The first kappa shape index (κ1) is 19.6. The van der Waals surface area contributed by atoms with Gasteiger partial charge >= 0.3 is 0 Å². The van der Waals surface area contributed by atoms with Crippen molar-refractivity contribution in [2.45, 2.75) is 5.16 Å². The smallest absolute Gasteiger partial charge is 0.276 e. The van der Waals surface area contributed by atoms with Crippen LogP contribution in [0.2, 0.25) is 15.2 Å². The summed E-state index contributed by atoms with van der Waals surface area (Å²) in [6.07, 6.45) is 3.05. The molecule has 2 N–H and O–H groups in total. The fourth-order valence-electron chi connectivity index (χ4n) is 1.56. The molecule has 1 aromatic carbocycles. The number of hydrazine groups is 1. The number of nitrogens with zero attached hydrogens (tertiary/aromatic N) is 2. The van der Waals surface area contributed by atoms with Crippen molar-refractivity contribution in [3.05, 3.63) is 45.2 Å². The van der Waals surface area contributed by atoms with E-state index >= 15 is 0 Å². The number of halogens is 3. The molecule has 7 nitrogen and oxygen atoms in total. The summed E-state index contributed by atoms with van der Waals surface area (Å²) in [5, 5.41) is 1.12. The Morgan fingerprint density at radius 2 is 2.00 bits per heavy atom. The van der Waals surface area contributed by atoms with Crippen LogP contribution in [-0.4, -0.2) is 34.6 Å². The number of amides is 2. The number of hydrogen-bond donors (Lipinski definition) is 2. The monoisotopic (exact) mass is 420 g/mol. The number of nitrogens with one attached hydrogen (secondary N) is 2. The molecule has 2 amide bonds. The molecule has 1 heterocycles. The molecule has 0 saturated carbocycles. The van der Waals surface area contributed by atoms with Crippen LogP contribution in [0.5, 0.6) is 5.75 Å². The van der Waals surface area contributed by atoms with E-state index in [-0.39, 0.29) is 28.1 Å². The SMILES string of the molecule is CSc1ncc(C(=O)NNC(=O)COc2ccc(Cl)cc2Cl)c(Cl)n1. The lowest BCUT2D eigenvalue weighted by molar-refractivity contribution is -0.123. The fraction of sp³-hybridized carbons (Fsp3) is 0.143. The predicted octanol–water partition coefficient (Wildman–Crippen LogP) is 3.00. The van der Waals surface area contributed by atoms with Crippen LogP contribution in [0.4, 0.5) is 0 Å². The maximum absolute atomic E-state index is 12.0. The van der Waals surface area contributed by atoms with E-state index in [9.17, 15) is 9.59 Å². The molecule has 25 heavy (non-hydrogen) atoms. The van der Waals surface area contributed by atoms with Crippen molar-refractivity contribution in [3.8, 4) is 5.75 Å². The van der Waals surface area contributed by atoms with E-state index in [2.05, 4.69) is 20.8 Å². The molecule has 0 aliphatic heterocycles. The molecule has 0 bridgehead atoms. The van der Waals surface area contributed by atoms with Crippen molar-refractivity contribution in [3.63, 3.8) is 0 Å². The van der Waals surface area contributed by atoms with Crippen molar-refractivity contribution in [2.75, 3.05) is 12.9 Å². The van der Waals surface area contributed by atoms with Gasteiger partial charge in [-0.2, -0.15) is 0 Å². The minimum atomic E-state index is -0.657. The average molecular weight is 422 g/mol. The van der Waals surface area contributed by atoms with Gasteiger partial charge in [-0.1, -0.05) is 46.6 Å². The first-order valence-corrected chi connectivity index (χ1v) is 9.00. The summed E-state index contributed by atoms with van der Waals surface area (Å²) in [4.78, 5) is 31.6. The van der Waals surface area contributed by atoms with Crippen molar-refractivity contribution < 1.29 is 14.3 Å². The predicted molar refractivity (Wildman–Crippen MR) is 96.4 cm³/mol. The highest BCUT2D eigenvalue weighted by molar-refractivity contribution is 7.98. The standard InChI is InChI=1S/C14H11Cl3N4O3S/c1-25-14-18-5-8(12(17)19-14)13(23)21-20-11(22)6-24-10-3-2-7(15)4-9(10)16/h2-5H,6H2,1H3,(H,20,22)(H,21,23). The Kier molecular flexibility index (Phi) is 7.12. The largest absolute Gasteiger partial charge is 0.482 e. The van der Waals surface area contributed by atoms with Crippen LogP contribution in [0, 0.1) is 0 Å². The lowest BCUT2D eigenvalue weighted by Crippen LogP contribution is -2.44. The summed E-state index contributed by atoms with van der Waals surface area (Å²) >= 11 is 18.9. The van der Waals surface area contributed by atoms with Gasteiger partial charge in [-0.15, -0.1) is 0 Å². The number of ether oxygens (including phenoxy) is 1. The van der Waals surface area contributed by atoms with E-state index in [1.807, 2.05) is 0 Å². The molecule has 0 spiro atoms. The van der Waals surface area contributed by atoms with Crippen LogP contribution in [-0.2, 0) is 4.79 Å². The van der Waals surface area contributed by atoms with Crippen molar-refractivity contribution in [1.29, 1.82) is 0 Å². The molecule has 2 aromatic rings. The van der Waals surface area contributed by atoms with E-state index in [1.165, 1.54) is 30.1 Å². The molecule has 2 rings (SSSR count). The summed E-state index contributed by atoms with van der Waals surface area (Å²) in [6, 6.07) is 4.59. The third-order valence-corrected chi connectivity index (χ3v) is 4.10. The Morgan fingerprint density at radius 1 is 1.24 bits per heavy atom. The Hall–Kier alpha value is -1.74. The second-order valence-electron chi connectivity index (χ2n) is 4.43. The summed E-state index contributed by atoms with van der Waals surface area (Å²) < 4.78 is 5.24. The molecule has 0 aliphatic rings. The van der Waals surface area contributed by atoms with E-state index < -0.39 is 11.8 Å². The third kappa shape index (κ3) is 5.64. The van der Waals surface area contributed by atoms with Gasteiger partial charge in [0.25, 0.3) is 11.8 Å². The van der Waals surface area contributed by atoms with Gasteiger partial charge in [-0.3, -0.25) is 20.4 Å². The lowest BCUT2D eigenvalue weighted by atomic mass is 10.3. The first-order valence-electron chi connectivity index (χ1n) is 6.64. The maximum Gasteiger partial charge on any atom is 0.276 e. The van der Waals surface area contributed by atoms with E-state index in [0.29, 0.717) is 10.2 Å². The van der Waals surface area contributed by atoms with Gasteiger partial charge in [0, 0.05) is 11.2 Å². The molecule has 11 heteroatoms. The van der Waals surface area contributed by atoms with E-state index in [0.717, 1.165) is 0 Å². The van der Waals surface area contributed by atoms with Crippen molar-refractivity contribution >= 4 is 58.4 Å². The summed E-state index contributed by atoms with van der Waals surface area (Å²) in [6.45, 7) is -0.364. The number of aromatic nitrogens is 2. The van der Waals surface area contributed by atoms with Crippen LogP contribution in [0.1, 0.15) is 10.4 Å². The molecule has 1 aromatic heterocycles. The van der Waals surface area contributed by atoms with Crippen molar-refractivity contribution in [2.24, 2.45) is 0 Å². The van der Waals surface area contributed by atoms with Crippen LogP contribution < -0.4 is 15.6 Å². The van der Waals surface area contributed by atoms with E-state index in [4.69, 9.17) is 39.5 Å². The molecule has 132 valence electrons. The highest BCUT2D eigenvalue weighted by atomic mass is 35.5. The van der Waals surface area contributed by atoms with Gasteiger partial charge in [-0.25, -0.2) is 9.97 Å². The third-order valence-electron chi connectivity index (χ3n) is 2.72. The van der Waals surface area contributed by atoms with Crippen LogP contribution in [0.15, 0.2) is 29.6 Å². The molecule has 0 radical (unpaired) electrons. The molecule has 0 unspecified atom stereocenters. The van der Waals surface area contributed by atoms with Gasteiger partial charge in [0.05, 0.1) is 10.6 Å². The van der Waals surface area contributed by atoms with Gasteiger partial charge in [0.1, 0.15) is 10.9 Å². The molecule has 0 atom stereocenters. The second-order valence-corrected chi connectivity index (χ2v) is 6.40. The number of carbonyl (C=O) groups is 2. The highest BCUT2D eigenvalue weighted by Crippen LogP contribution is 2.27. The molecular weight excluding hydrogens is 411 g/mol.